The van der Waals surface area contributed by atoms with Gasteiger partial charge in [0.15, 0.2) is 11.5 Å². The van der Waals surface area contributed by atoms with Crippen LogP contribution in [0.5, 0.6) is 17.2 Å². The van der Waals surface area contributed by atoms with E-state index in [1.165, 1.54) is 0 Å². The van der Waals surface area contributed by atoms with Gasteiger partial charge in [-0.1, -0.05) is 12.1 Å². The van der Waals surface area contributed by atoms with Gasteiger partial charge in [0.1, 0.15) is 5.75 Å². The third-order valence-corrected chi connectivity index (χ3v) is 4.40. The van der Waals surface area contributed by atoms with Crippen LogP contribution >= 0.6 is 0 Å². The van der Waals surface area contributed by atoms with Crippen LogP contribution in [0.15, 0.2) is 30.3 Å². The van der Waals surface area contributed by atoms with Gasteiger partial charge in [-0.25, -0.2) is 0 Å². The molecule has 5 nitrogen and oxygen atoms in total. The predicted octanol–water partition coefficient (Wildman–Crippen LogP) is 2.72. The maximum absolute atomic E-state index is 12.7. The van der Waals surface area contributed by atoms with Crippen molar-refractivity contribution < 1.29 is 19.0 Å². The number of carbonyl (C=O) groups is 1. The standard InChI is InChI=1S/C18H17NO4/c1-19-8-7-12-9-14-17(23-10-22-14)15(16(12)18(19)20)11-3-5-13(21-2)6-4-11/h3-6,9H,7-8,10H2,1-2H3. The molecule has 0 aromatic heterocycles. The number of amides is 1. The summed E-state index contributed by atoms with van der Waals surface area (Å²) in [5.74, 6) is 2.16. The summed E-state index contributed by atoms with van der Waals surface area (Å²) in [6.07, 6.45) is 0.817. The van der Waals surface area contributed by atoms with Gasteiger partial charge in [0.25, 0.3) is 5.91 Å². The van der Waals surface area contributed by atoms with Crippen LogP contribution in [0.1, 0.15) is 15.9 Å². The maximum Gasteiger partial charge on any atom is 0.254 e. The first-order valence-electron chi connectivity index (χ1n) is 7.54. The third kappa shape index (κ3) is 2.11. The minimum absolute atomic E-state index is 0.0235. The number of benzene rings is 2. The van der Waals surface area contributed by atoms with E-state index < -0.39 is 0 Å². The molecule has 0 unspecified atom stereocenters. The second-order valence-electron chi connectivity index (χ2n) is 5.72. The Morgan fingerprint density at radius 3 is 2.65 bits per heavy atom. The predicted molar refractivity (Wildman–Crippen MR) is 85.2 cm³/mol. The van der Waals surface area contributed by atoms with E-state index in [9.17, 15) is 4.79 Å². The van der Waals surface area contributed by atoms with E-state index >= 15 is 0 Å². The van der Waals surface area contributed by atoms with Crippen LogP contribution in [0.2, 0.25) is 0 Å². The molecule has 0 fully saturated rings. The van der Waals surface area contributed by atoms with Gasteiger partial charge in [0.05, 0.1) is 12.7 Å². The fourth-order valence-corrected chi connectivity index (χ4v) is 3.15. The molecule has 118 valence electrons. The second kappa shape index (κ2) is 5.19. The summed E-state index contributed by atoms with van der Waals surface area (Å²) in [6, 6.07) is 9.59. The molecule has 2 aliphatic rings. The average Bonchev–Trinajstić information content (AvgIpc) is 3.05. The Morgan fingerprint density at radius 1 is 1.13 bits per heavy atom. The average molecular weight is 311 g/mol. The molecule has 2 aromatic carbocycles. The van der Waals surface area contributed by atoms with Gasteiger partial charge in [-0.2, -0.15) is 0 Å². The van der Waals surface area contributed by atoms with Crippen LogP contribution in [0.4, 0.5) is 0 Å². The third-order valence-electron chi connectivity index (χ3n) is 4.40. The highest BCUT2D eigenvalue weighted by Crippen LogP contribution is 2.46. The Bertz CT molecular complexity index is 783. The molecule has 0 bridgehead atoms. The minimum Gasteiger partial charge on any atom is -0.497 e. The van der Waals surface area contributed by atoms with Crippen molar-refractivity contribution >= 4 is 5.91 Å². The number of likely N-dealkylation sites (N-methyl/N-ethyl adjacent to an activating group) is 1. The van der Waals surface area contributed by atoms with E-state index in [-0.39, 0.29) is 12.7 Å². The highest BCUT2D eigenvalue weighted by atomic mass is 16.7. The Labute approximate surface area is 134 Å². The first-order valence-corrected chi connectivity index (χ1v) is 7.54. The lowest BCUT2D eigenvalue weighted by Gasteiger charge is -2.27. The van der Waals surface area contributed by atoms with Gasteiger partial charge >= 0.3 is 0 Å². The van der Waals surface area contributed by atoms with Crippen molar-refractivity contribution in [1.29, 1.82) is 0 Å². The van der Waals surface area contributed by atoms with Gasteiger partial charge in [0.2, 0.25) is 6.79 Å². The van der Waals surface area contributed by atoms with Crippen LogP contribution < -0.4 is 14.2 Å². The van der Waals surface area contributed by atoms with Gasteiger partial charge in [-0.15, -0.1) is 0 Å². The lowest BCUT2D eigenvalue weighted by atomic mass is 9.89. The van der Waals surface area contributed by atoms with Gasteiger partial charge in [-0.3, -0.25) is 4.79 Å². The summed E-state index contributed by atoms with van der Waals surface area (Å²) in [7, 11) is 3.46. The Hall–Kier alpha value is -2.69. The van der Waals surface area contributed by atoms with Gasteiger partial charge in [0, 0.05) is 19.2 Å². The molecular weight excluding hydrogens is 294 g/mol. The first-order chi connectivity index (χ1) is 11.2. The quantitative estimate of drug-likeness (QED) is 0.855. The summed E-state index contributed by atoms with van der Waals surface area (Å²) in [5, 5.41) is 0. The van der Waals surface area contributed by atoms with Crippen molar-refractivity contribution in [3.63, 3.8) is 0 Å². The Morgan fingerprint density at radius 2 is 1.91 bits per heavy atom. The first kappa shape index (κ1) is 13.9. The number of methoxy groups -OCH3 is 1. The van der Waals surface area contributed by atoms with Crippen LogP contribution in [-0.4, -0.2) is 38.3 Å². The second-order valence-corrected chi connectivity index (χ2v) is 5.72. The normalized spacial score (nSPS) is 15.6. The number of rotatable bonds is 2. The van der Waals surface area contributed by atoms with E-state index in [0.717, 1.165) is 28.9 Å². The number of hydrogen-bond donors (Lipinski definition) is 0. The summed E-state index contributed by atoms with van der Waals surface area (Å²) < 4.78 is 16.4. The van der Waals surface area contributed by atoms with E-state index in [1.807, 2.05) is 37.4 Å². The van der Waals surface area contributed by atoms with Crippen molar-refractivity contribution in [1.82, 2.24) is 4.90 Å². The zero-order chi connectivity index (χ0) is 16.0. The number of ether oxygens (including phenoxy) is 3. The van der Waals surface area contributed by atoms with Crippen LogP contribution in [0.3, 0.4) is 0 Å². The van der Waals surface area contributed by atoms with Crippen LogP contribution in [0.25, 0.3) is 11.1 Å². The fourth-order valence-electron chi connectivity index (χ4n) is 3.15. The molecule has 2 heterocycles. The van der Waals surface area contributed by atoms with Crippen molar-refractivity contribution in [3.05, 3.63) is 41.5 Å². The van der Waals surface area contributed by atoms with Gasteiger partial charge < -0.3 is 19.1 Å². The molecule has 4 rings (SSSR count). The van der Waals surface area contributed by atoms with Crippen molar-refractivity contribution in [3.8, 4) is 28.4 Å². The van der Waals surface area contributed by atoms with E-state index in [1.54, 1.807) is 12.0 Å². The zero-order valence-electron chi connectivity index (χ0n) is 13.1. The number of hydrogen-bond acceptors (Lipinski definition) is 4. The highest BCUT2D eigenvalue weighted by molar-refractivity contribution is 6.05. The molecule has 0 radical (unpaired) electrons. The molecule has 0 saturated carbocycles. The zero-order valence-corrected chi connectivity index (χ0v) is 13.1. The molecule has 0 N–H and O–H groups in total. The molecular formula is C18H17NO4. The lowest BCUT2D eigenvalue weighted by Crippen LogP contribution is -2.34. The number of carbonyl (C=O) groups excluding carboxylic acids is 1. The highest BCUT2D eigenvalue weighted by Gasteiger charge is 2.32. The summed E-state index contributed by atoms with van der Waals surface area (Å²) in [4.78, 5) is 14.5. The summed E-state index contributed by atoms with van der Waals surface area (Å²) >= 11 is 0. The SMILES string of the molecule is COc1ccc(-c2c3c(cc4c2C(=O)N(C)CC4)OCO3)cc1. The molecule has 2 aromatic rings. The largest absolute Gasteiger partial charge is 0.497 e. The molecule has 1 amide bonds. The topological polar surface area (TPSA) is 48.0 Å². The van der Waals surface area contributed by atoms with Crippen molar-refractivity contribution in [2.45, 2.75) is 6.42 Å². The fraction of sp³-hybridized carbons (Fsp3) is 0.278. The van der Waals surface area contributed by atoms with Crippen LogP contribution in [0, 0.1) is 0 Å². The minimum atomic E-state index is 0.0235. The number of nitrogens with zero attached hydrogens (tertiary/aromatic N) is 1. The molecule has 0 aliphatic carbocycles. The van der Waals surface area contributed by atoms with Crippen molar-refractivity contribution in [2.24, 2.45) is 0 Å². The van der Waals surface area contributed by atoms with Crippen molar-refractivity contribution in [2.75, 3.05) is 27.5 Å². The molecule has 2 aliphatic heterocycles. The van der Waals surface area contributed by atoms with E-state index in [4.69, 9.17) is 14.2 Å². The smallest absolute Gasteiger partial charge is 0.254 e. The maximum atomic E-state index is 12.7. The summed E-state index contributed by atoms with van der Waals surface area (Å²) in [5.41, 5.74) is 3.47. The molecule has 0 spiro atoms. The molecule has 0 saturated heterocycles. The lowest BCUT2D eigenvalue weighted by molar-refractivity contribution is 0.0781. The number of fused-ring (bicyclic) bond motifs is 2. The monoisotopic (exact) mass is 311 g/mol. The van der Waals surface area contributed by atoms with Gasteiger partial charge in [-0.05, 0) is 35.7 Å². The molecule has 23 heavy (non-hydrogen) atoms. The Balaban J connectivity index is 1.96. The van der Waals surface area contributed by atoms with Crippen LogP contribution in [-0.2, 0) is 6.42 Å². The molecule has 5 heteroatoms. The van der Waals surface area contributed by atoms with E-state index in [0.29, 0.717) is 23.6 Å². The molecule has 0 atom stereocenters. The summed E-state index contributed by atoms with van der Waals surface area (Å²) in [6.45, 7) is 0.902. The van der Waals surface area contributed by atoms with E-state index in [2.05, 4.69) is 0 Å². The Kier molecular flexibility index (Phi) is 3.15.